The van der Waals surface area contributed by atoms with Crippen molar-refractivity contribution in [3.63, 3.8) is 0 Å². The number of aliphatic hydroxyl groups excluding tert-OH is 1. The van der Waals surface area contributed by atoms with E-state index in [9.17, 15) is 13.9 Å². The largest absolute Gasteiger partial charge is 0.493 e. The Bertz CT molecular complexity index is 622. The fraction of sp³-hybridized carbons (Fsp3) is 0.200. The zero-order valence-corrected chi connectivity index (χ0v) is 12.0. The normalized spacial score (nSPS) is 10.5. The van der Waals surface area contributed by atoms with Crippen molar-refractivity contribution >= 4 is 11.6 Å². The Morgan fingerprint density at radius 1 is 1.19 bits per heavy atom. The molecule has 0 aliphatic rings. The molecule has 0 saturated heterocycles. The summed E-state index contributed by atoms with van der Waals surface area (Å²) in [6, 6.07) is 6.86. The Balaban J connectivity index is 2.29. The van der Waals surface area contributed by atoms with Gasteiger partial charge in [-0.1, -0.05) is 23.7 Å². The maximum Gasteiger partial charge on any atom is 0.167 e. The maximum absolute atomic E-state index is 13.6. The molecule has 0 aliphatic heterocycles. The third kappa shape index (κ3) is 3.43. The number of rotatable bonds is 5. The van der Waals surface area contributed by atoms with Crippen LogP contribution in [0, 0.1) is 11.6 Å². The molecule has 0 aromatic heterocycles. The summed E-state index contributed by atoms with van der Waals surface area (Å²) in [5, 5.41) is 9.71. The highest BCUT2D eigenvalue weighted by Crippen LogP contribution is 2.35. The van der Waals surface area contributed by atoms with Gasteiger partial charge in [-0.3, -0.25) is 0 Å². The van der Waals surface area contributed by atoms with Gasteiger partial charge in [-0.05, 0) is 12.1 Å². The van der Waals surface area contributed by atoms with E-state index < -0.39 is 11.6 Å². The van der Waals surface area contributed by atoms with Crippen LogP contribution < -0.4 is 9.47 Å². The molecule has 0 bridgehead atoms. The minimum Gasteiger partial charge on any atom is -0.493 e. The van der Waals surface area contributed by atoms with E-state index in [4.69, 9.17) is 21.1 Å². The van der Waals surface area contributed by atoms with Crippen molar-refractivity contribution in [2.24, 2.45) is 0 Å². The van der Waals surface area contributed by atoms with Gasteiger partial charge >= 0.3 is 0 Å². The molecule has 112 valence electrons. The fourth-order valence-electron chi connectivity index (χ4n) is 1.87. The second kappa shape index (κ2) is 6.74. The molecule has 21 heavy (non-hydrogen) atoms. The Morgan fingerprint density at radius 2 is 1.95 bits per heavy atom. The van der Waals surface area contributed by atoms with Gasteiger partial charge < -0.3 is 14.6 Å². The van der Waals surface area contributed by atoms with Crippen LogP contribution in [0.4, 0.5) is 8.78 Å². The monoisotopic (exact) mass is 314 g/mol. The van der Waals surface area contributed by atoms with Crippen molar-refractivity contribution in [3.05, 3.63) is 58.1 Å². The topological polar surface area (TPSA) is 38.7 Å². The lowest BCUT2D eigenvalue weighted by Crippen LogP contribution is -2.04. The summed E-state index contributed by atoms with van der Waals surface area (Å²) >= 11 is 5.89. The highest BCUT2D eigenvalue weighted by atomic mass is 35.5. The molecule has 0 saturated carbocycles. The first-order valence-corrected chi connectivity index (χ1v) is 6.47. The second-order valence-corrected chi connectivity index (χ2v) is 4.69. The Hall–Kier alpha value is -1.85. The Kier molecular flexibility index (Phi) is 4.98. The van der Waals surface area contributed by atoms with Crippen LogP contribution in [-0.4, -0.2) is 12.2 Å². The molecular formula is C15H13ClF2O3. The fourth-order valence-corrected chi connectivity index (χ4v) is 2.10. The molecule has 0 radical (unpaired) electrons. The SMILES string of the molecule is COc1cc(Cl)cc(CO)c1OCc1cccc(F)c1F. The predicted octanol–water partition coefficient (Wildman–Crippen LogP) is 3.70. The molecule has 3 nitrogen and oxygen atoms in total. The van der Waals surface area contributed by atoms with Crippen LogP contribution in [0.3, 0.4) is 0 Å². The third-order valence-electron chi connectivity index (χ3n) is 2.89. The van der Waals surface area contributed by atoms with Crippen molar-refractivity contribution in [2.75, 3.05) is 7.11 Å². The van der Waals surface area contributed by atoms with Crippen LogP contribution in [-0.2, 0) is 13.2 Å². The second-order valence-electron chi connectivity index (χ2n) is 4.26. The average molecular weight is 315 g/mol. The summed E-state index contributed by atoms with van der Waals surface area (Å²) in [5.41, 5.74) is 0.465. The molecule has 0 atom stereocenters. The third-order valence-corrected chi connectivity index (χ3v) is 3.11. The summed E-state index contributed by atoms with van der Waals surface area (Å²) < 4.78 is 37.3. The average Bonchev–Trinajstić information content (AvgIpc) is 2.48. The van der Waals surface area contributed by atoms with Gasteiger partial charge in [0.1, 0.15) is 6.61 Å². The van der Waals surface area contributed by atoms with Crippen LogP contribution in [0.2, 0.25) is 5.02 Å². The van der Waals surface area contributed by atoms with Gasteiger partial charge in [0, 0.05) is 22.2 Å². The van der Waals surface area contributed by atoms with Crippen LogP contribution >= 0.6 is 11.6 Å². The molecule has 1 N–H and O–H groups in total. The van der Waals surface area contributed by atoms with Crippen LogP contribution in [0.15, 0.2) is 30.3 Å². The maximum atomic E-state index is 13.6. The predicted molar refractivity (Wildman–Crippen MR) is 74.6 cm³/mol. The lowest BCUT2D eigenvalue weighted by molar-refractivity contribution is 0.247. The number of halogens is 3. The summed E-state index contributed by atoms with van der Waals surface area (Å²) in [5.74, 6) is -1.35. The van der Waals surface area contributed by atoms with E-state index in [1.54, 1.807) is 0 Å². The quantitative estimate of drug-likeness (QED) is 0.914. The summed E-state index contributed by atoms with van der Waals surface area (Å²) in [7, 11) is 1.42. The minimum atomic E-state index is -0.962. The first-order valence-electron chi connectivity index (χ1n) is 6.09. The van der Waals surface area contributed by atoms with E-state index in [0.29, 0.717) is 16.3 Å². The van der Waals surface area contributed by atoms with E-state index in [2.05, 4.69) is 0 Å². The first-order chi connectivity index (χ1) is 10.1. The van der Waals surface area contributed by atoms with Gasteiger partial charge in [-0.25, -0.2) is 8.78 Å². The smallest absolute Gasteiger partial charge is 0.167 e. The summed E-state index contributed by atoms with van der Waals surface area (Å²) in [6.45, 7) is -0.521. The molecule has 2 aromatic rings. The number of hydrogen-bond acceptors (Lipinski definition) is 3. The van der Waals surface area contributed by atoms with Gasteiger partial charge in [-0.2, -0.15) is 0 Å². The molecule has 2 rings (SSSR count). The molecule has 0 fully saturated rings. The van der Waals surface area contributed by atoms with Crippen molar-refractivity contribution < 1.29 is 23.4 Å². The summed E-state index contributed by atoms with van der Waals surface area (Å²) in [6.07, 6.45) is 0. The van der Waals surface area contributed by atoms with Crippen molar-refractivity contribution in [2.45, 2.75) is 13.2 Å². The van der Waals surface area contributed by atoms with Crippen LogP contribution in [0.1, 0.15) is 11.1 Å². The van der Waals surface area contributed by atoms with Crippen molar-refractivity contribution in [1.82, 2.24) is 0 Å². The lowest BCUT2D eigenvalue weighted by Gasteiger charge is -2.15. The van der Waals surface area contributed by atoms with E-state index in [1.807, 2.05) is 0 Å². The Morgan fingerprint density at radius 3 is 2.62 bits per heavy atom. The van der Waals surface area contributed by atoms with Gasteiger partial charge in [0.05, 0.1) is 13.7 Å². The molecular weight excluding hydrogens is 302 g/mol. The zero-order valence-electron chi connectivity index (χ0n) is 11.2. The molecule has 0 aliphatic carbocycles. The molecule has 0 amide bonds. The van der Waals surface area contributed by atoms with Crippen LogP contribution in [0.5, 0.6) is 11.5 Å². The van der Waals surface area contributed by atoms with Gasteiger partial charge in [-0.15, -0.1) is 0 Å². The minimum absolute atomic E-state index is 0.0656. The standard InChI is InChI=1S/C15H13ClF2O3/c1-20-13-6-11(16)5-10(7-19)15(13)21-8-9-3-2-4-12(17)14(9)18/h2-6,19H,7-8H2,1H3. The number of ether oxygens (including phenoxy) is 2. The molecule has 6 heteroatoms. The number of methoxy groups -OCH3 is 1. The molecule has 0 unspecified atom stereocenters. The van der Waals surface area contributed by atoms with Crippen LogP contribution in [0.25, 0.3) is 0 Å². The zero-order chi connectivity index (χ0) is 15.4. The van der Waals surface area contributed by atoms with Gasteiger partial charge in [0.15, 0.2) is 23.1 Å². The number of hydrogen-bond donors (Lipinski definition) is 1. The number of benzene rings is 2. The first kappa shape index (κ1) is 15.5. The summed E-state index contributed by atoms with van der Waals surface area (Å²) in [4.78, 5) is 0. The van der Waals surface area contributed by atoms with E-state index in [-0.39, 0.29) is 24.5 Å². The highest BCUT2D eigenvalue weighted by Gasteiger charge is 2.14. The highest BCUT2D eigenvalue weighted by molar-refractivity contribution is 6.30. The molecule has 0 heterocycles. The van der Waals surface area contributed by atoms with E-state index in [0.717, 1.165) is 6.07 Å². The lowest BCUT2D eigenvalue weighted by atomic mass is 10.2. The van der Waals surface area contributed by atoms with Crippen molar-refractivity contribution in [1.29, 1.82) is 0 Å². The van der Waals surface area contributed by atoms with E-state index in [1.165, 1.54) is 31.4 Å². The molecule has 0 spiro atoms. The number of aliphatic hydroxyl groups is 1. The Labute approximate surface area is 125 Å². The van der Waals surface area contributed by atoms with Gasteiger partial charge in [0.2, 0.25) is 0 Å². The van der Waals surface area contributed by atoms with Crippen molar-refractivity contribution in [3.8, 4) is 11.5 Å². The molecule has 2 aromatic carbocycles. The van der Waals surface area contributed by atoms with E-state index >= 15 is 0 Å². The van der Waals surface area contributed by atoms with Gasteiger partial charge in [0.25, 0.3) is 0 Å².